The molecule has 0 saturated carbocycles. The summed E-state index contributed by atoms with van der Waals surface area (Å²) in [4.78, 5) is 22.1. The van der Waals surface area contributed by atoms with Gasteiger partial charge in [-0.2, -0.15) is 0 Å². The van der Waals surface area contributed by atoms with E-state index in [0.29, 0.717) is 0 Å². The Bertz CT molecular complexity index is 216. The molecule has 0 aliphatic heterocycles. The Hall–Kier alpha value is -0.317. The van der Waals surface area contributed by atoms with Crippen molar-refractivity contribution in [2.45, 2.75) is 36.5 Å². The van der Waals surface area contributed by atoms with Gasteiger partial charge >= 0.3 is 75.6 Å². The van der Waals surface area contributed by atoms with Crippen LogP contribution in [0.3, 0.4) is 0 Å². The van der Waals surface area contributed by atoms with Gasteiger partial charge in [-0.25, -0.2) is 0 Å². The number of rotatable bonds is 2. The van der Waals surface area contributed by atoms with Crippen LogP contribution in [-0.2, 0) is 9.59 Å². The van der Waals surface area contributed by atoms with E-state index in [1.165, 1.54) is 0 Å². The van der Waals surface area contributed by atoms with E-state index in [4.69, 9.17) is 5.73 Å². The molecule has 0 aromatic carbocycles. The predicted octanol–water partition coefficient (Wildman–Crippen LogP) is 1.09. The second-order valence-corrected chi connectivity index (χ2v) is 15.5. The predicted molar refractivity (Wildman–Crippen MR) is 51.4 cm³/mol. The number of amides is 1. The first kappa shape index (κ1) is 11.7. The number of hydrogen-bond acceptors (Lipinski definition) is 2. The number of primary amides is 1. The summed E-state index contributed by atoms with van der Waals surface area (Å²) >= 11 is -2.71. The van der Waals surface area contributed by atoms with Gasteiger partial charge in [0.25, 0.3) is 0 Å². The van der Waals surface area contributed by atoms with Crippen LogP contribution in [0.4, 0.5) is 0 Å². The molecule has 0 fully saturated rings. The van der Waals surface area contributed by atoms with Crippen molar-refractivity contribution in [1.82, 2.24) is 0 Å². The van der Waals surface area contributed by atoms with E-state index in [0.717, 1.165) is 0 Å². The molecule has 0 aliphatic rings. The third kappa shape index (κ3) is 2.09. The zero-order valence-electron chi connectivity index (χ0n) is 8.39. The van der Waals surface area contributed by atoms with Crippen LogP contribution in [0.25, 0.3) is 0 Å². The van der Waals surface area contributed by atoms with Gasteiger partial charge in [0.1, 0.15) is 0 Å². The van der Waals surface area contributed by atoms with Gasteiger partial charge in [-0.05, 0) is 0 Å². The molecule has 0 rings (SSSR count). The first-order valence-corrected chi connectivity index (χ1v) is 10.2. The normalized spacial score (nSPS) is 12.8. The SMILES string of the molecule is C[C](C)(C)[Ge]([CH3])([CH3])[C](=O)C(N)=O. The van der Waals surface area contributed by atoms with Crippen molar-refractivity contribution in [1.29, 1.82) is 0 Å². The summed E-state index contributed by atoms with van der Waals surface area (Å²) in [7, 11) is 0. The average Bonchev–Trinajstić information content (AvgIpc) is 1.83. The number of carbonyl (C=O) groups excluding carboxylic acids is 2. The summed E-state index contributed by atoms with van der Waals surface area (Å²) in [6, 6.07) is 0. The van der Waals surface area contributed by atoms with Crippen molar-refractivity contribution in [2.24, 2.45) is 5.73 Å². The Morgan fingerprint density at radius 2 is 1.50 bits per heavy atom. The molecule has 0 aliphatic carbocycles. The maximum absolute atomic E-state index is 11.4. The second-order valence-electron chi connectivity index (χ2n) is 4.57. The Labute approximate surface area is 76.1 Å². The van der Waals surface area contributed by atoms with Gasteiger partial charge in [-0.1, -0.05) is 0 Å². The van der Waals surface area contributed by atoms with E-state index in [2.05, 4.69) is 0 Å². The summed E-state index contributed by atoms with van der Waals surface area (Å²) in [6.07, 6.45) is 0. The van der Waals surface area contributed by atoms with Gasteiger partial charge in [0.05, 0.1) is 0 Å². The zero-order valence-corrected chi connectivity index (χ0v) is 10.5. The fraction of sp³-hybridized carbons (Fsp3) is 0.750. The van der Waals surface area contributed by atoms with Crippen LogP contribution in [0.2, 0.25) is 15.8 Å². The van der Waals surface area contributed by atoms with Crippen LogP contribution in [0.1, 0.15) is 20.8 Å². The monoisotopic (exact) mass is 233 g/mol. The summed E-state index contributed by atoms with van der Waals surface area (Å²) in [6.45, 7) is 5.98. The molecule has 0 saturated heterocycles. The van der Waals surface area contributed by atoms with Crippen molar-refractivity contribution in [2.75, 3.05) is 0 Å². The van der Waals surface area contributed by atoms with E-state index in [1.54, 1.807) is 0 Å². The molecule has 0 aromatic rings. The first-order valence-electron chi connectivity index (χ1n) is 3.95. The number of carbonyl (C=O) groups is 2. The Balaban J connectivity index is 4.87. The van der Waals surface area contributed by atoms with Gasteiger partial charge in [0, 0.05) is 0 Å². The van der Waals surface area contributed by atoms with Crippen LogP contribution in [-0.4, -0.2) is 23.8 Å². The minimum absolute atomic E-state index is 0.0634. The van der Waals surface area contributed by atoms with E-state index in [9.17, 15) is 9.59 Å². The quantitative estimate of drug-likeness (QED) is 0.572. The average molecular weight is 232 g/mol. The van der Waals surface area contributed by atoms with Gasteiger partial charge < -0.3 is 0 Å². The molecule has 0 radical (unpaired) electrons. The Morgan fingerprint density at radius 1 is 1.17 bits per heavy atom. The summed E-state index contributed by atoms with van der Waals surface area (Å²) < 4.78 is -0.381. The van der Waals surface area contributed by atoms with Gasteiger partial charge in [-0.3, -0.25) is 0 Å². The number of nitrogens with two attached hydrogens (primary N) is 1. The molecule has 1 amide bonds. The van der Waals surface area contributed by atoms with E-state index in [1.807, 2.05) is 32.3 Å². The number of hydrogen-bond donors (Lipinski definition) is 1. The third-order valence-corrected chi connectivity index (χ3v) is 13.4. The van der Waals surface area contributed by atoms with Gasteiger partial charge in [0.15, 0.2) is 0 Å². The van der Waals surface area contributed by atoms with Crippen molar-refractivity contribution in [3.8, 4) is 0 Å². The topological polar surface area (TPSA) is 60.2 Å². The molecule has 4 heteroatoms. The van der Waals surface area contributed by atoms with Crippen molar-refractivity contribution >= 4 is 23.8 Å². The standard InChI is InChI=1S/C8H17GeNO2/c1-8(2,3)9(4,5)6(11)7(10)12/h1-5H3,(H2,10,12). The minimum atomic E-state index is -2.71. The van der Waals surface area contributed by atoms with Crippen LogP contribution >= 0.6 is 0 Å². The molecular formula is C8H17GeNO2. The molecule has 0 atom stereocenters. The molecule has 0 unspecified atom stereocenters. The molecular weight excluding hydrogens is 215 g/mol. The molecule has 2 N–H and O–H groups in total. The molecule has 0 bridgehead atoms. The van der Waals surface area contributed by atoms with Crippen LogP contribution in [0, 0.1) is 0 Å². The van der Waals surface area contributed by atoms with E-state index >= 15 is 0 Å². The van der Waals surface area contributed by atoms with Gasteiger partial charge in [0.2, 0.25) is 0 Å². The van der Waals surface area contributed by atoms with Crippen LogP contribution in [0.5, 0.6) is 0 Å². The molecule has 0 spiro atoms. The summed E-state index contributed by atoms with van der Waals surface area (Å²) in [5, 5.41) is 0. The van der Waals surface area contributed by atoms with Crippen molar-refractivity contribution in [3.63, 3.8) is 0 Å². The summed E-state index contributed by atoms with van der Waals surface area (Å²) in [5.74, 6) is 3.08. The van der Waals surface area contributed by atoms with Crippen molar-refractivity contribution < 1.29 is 9.59 Å². The zero-order chi connectivity index (χ0) is 10.2. The summed E-state index contributed by atoms with van der Waals surface area (Å²) in [5.41, 5.74) is 4.98. The molecule has 0 heterocycles. The van der Waals surface area contributed by atoms with E-state index in [-0.39, 0.29) is 8.86 Å². The maximum atomic E-state index is 11.4. The Morgan fingerprint density at radius 3 is 1.58 bits per heavy atom. The van der Waals surface area contributed by atoms with Crippen LogP contribution in [0.15, 0.2) is 0 Å². The molecule has 0 aromatic heterocycles. The second kappa shape index (κ2) is 3.20. The van der Waals surface area contributed by atoms with Crippen molar-refractivity contribution in [3.05, 3.63) is 0 Å². The molecule has 12 heavy (non-hydrogen) atoms. The Kier molecular flexibility index (Phi) is 3.12. The molecule has 3 nitrogen and oxygen atoms in total. The van der Waals surface area contributed by atoms with Crippen LogP contribution < -0.4 is 5.73 Å². The molecule has 70 valence electrons. The van der Waals surface area contributed by atoms with Gasteiger partial charge in [-0.15, -0.1) is 0 Å². The fourth-order valence-electron chi connectivity index (χ4n) is 0.649. The third-order valence-electron chi connectivity index (χ3n) is 2.67. The van der Waals surface area contributed by atoms with E-state index < -0.39 is 19.2 Å². The fourth-order valence-corrected chi connectivity index (χ4v) is 3.37. The first-order chi connectivity index (χ1) is 5.10.